The van der Waals surface area contributed by atoms with Crippen LogP contribution in [0.5, 0.6) is 0 Å². The smallest absolute Gasteiger partial charge is 0.306 e. The van der Waals surface area contributed by atoms with Crippen molar-refractivity contribution in [1.29, 1.82) is 0 Å². The molecule has 0 N–H and O–H groups in total. The first-order chi connectivity index (χ1) is 33.1. The first-order valence-corrected chi connectivity index (χ1v) is 28.3. The number of carbonyl (C=O) groups is 3. The zero-order chi connectivity index (χ0) is 49.9. The van der Waals surface area contributed by atoms with Gasteiger partial charge in [-0.3, -0.25) is 9.59 Å². The molecule has 0 fully saturated rings. The lowest BCUT2D eigenvalue weighted by molar-refractivity contribution is -0.889. The van der Waals surface area contributed by atoms with Crippen molar-refractivity contribution in [2.24, 2.45) is 0 Å². The molecule has 0 aliphatic carbocycles. The van der Waals surface area contributed by atoms with Crippen LogP contribution in [0.4, 0.5) is 0 Å². The Labute approximate surface area is 419 Å². The third kappa shape index (κ3) is 48.1. The van der Waals surface area contributed by atoms with Crippen LogP contribution in [0, 0.1) is 0 Å². The van der Waals surface area contributed by atoms with Crippen molar-refractivity contribution in [1.82, 2.24) is 0 Å². The molecule has 8 heteroatoms. The number of nitrogens with zero attached hydrogens (tertiary/aromatic N) is 1. The maximum atomic E-state index is 12.8. The lowest BCUT2D eigenvalue weighted by Gasteiger charge is -2.34. The molecule has 394 valence electrons. The molecule has 68 heavy (non-hydrogen) atoms. The fourth-order valence-electron chi connectivity index (χ4n) is 8.29. The number of unbranched alkanes of at least 4 members (excludes halogenated alkanes) is 27. The van der Waals surface area contributed by atoms with Crippen LogP contribution in [0.2, 0.25) is 0 Å². The lowest BCUT2D eigenvalue weighted by atomic mass is 10.0. The third-order valence-electron chi connectivity index (χ3n) is 12.6. The van der Waals surface area contributed by atoms with Crippen LogP contribution in [0.3, 0.4) is 0 Å². The molecule has 0 saturated carbocycles. The normalized spacial score (nSPS) is 13.2. The van der Waals surface area contributed by atoms with E-state index in [0.29, 0.717) is 12.8 Å². The molecule has 0 radical (unpaired) electrons. The molecular weight excluding hydrogens is 847 g/mol. The van der Waals surface area contributed by atoms with Crippen molar-refractivity contribution in [3.8, 4) is 0 Å². The highest BCUT2D eigenvalue weighted by Crippen LogP contribution is 2.16. The zero-order valence-electron chi connectivity index (χ0n) is 45.0. The quantitative estimate of drug-likeness (QED) is 0.0259. The summed E-state index contributed by atoms with van der Waals surface area (Å²) in [5.74, 6) is -1.74. The van der Waals surface area contributed by atoms with Crippen LogP contribution in [0.15, 0.2) is 60.8 Å². The summed E-state index contributed by atoms with van der Waals surface area (Å²) < 4.78 is 17.3. The standard InChI is InChI=1S/C60H107NO7/c1-6-8-10-12-14-16-18-20-22-24-26-28-29-31-32-34-36-38-40-42-44-46-48-50-58(62)67-55-56(54-66-53-52-57(60(64)65)61(3,4)5)68-59(63)51-49-47-45-43-41-39-37-35-33-30-27-25-23-21-19-17-15-13-11-9-7-2/h9,11,15,17,21,23,26,28,31-32,56-57H,6-8,10,12-14,16,18-20,22,24-25,27,29-30,33-55H2,1-5H3/b11-9+,17-15+,23-21+,28-26+,32-31+. The Morgan fingerprint density at radius 3 is 1.22 bits per heavy atom. The van der Waals surface area contributed by atoms with Crippen LogP contribution in [-0.4, -0.2) is 75.5 Å². The number of rotatable bonds is 51. The average molecular weight is 955 g/mol. The van der Waals surface area contributed by atoms with E-state index in [9.17, 15) is 19.5 Å². The summed E-state index contributed by atoms with van der Waals surface area (Å²) in [6, 6.07) is -0.730. The molecule has 0 saturated heterocycles. The molecule has 0 aromatic carbocycles. The fraction of sp³-hybridized carbons (Fsp3) is 0.783. The predicted octanol–water partition coefficient (Wildman–Crippen LogP) is 15.5. The van der Waals surface area contributed by atoms with Crippen LogP contribution < -0.4 is 5.11 Å². The Morgan fingerprint density at radius 1 is 0.456 bits per heavy atom. The first-order valence-electron chi connectivity index (χ1n) is 28.3. The summed E-state index contributed by atoms with van der Waals surface area (Å²) in [4.78, 5) is 37.1. The highest BCUT2D eigenvalue weighted by molar-refractivity contribution is 5.70. The minimum atomic E-state index is -1.13. The maximum absolute atomic E-state index is 12.8. The number of aliphatic carboxylic acids is 1. The number of allylic oxidation sites excluding steroid dienone is 10. The SMILES string of the molecule is CC/C=C/C/C=C/C/C=C/CCCCCCCCCCCCCC(=O)OC(COCCC(C(=O)[O-])[N+](C)(C)C)COC(=O)CCCCCCCCC/C=C/C/C=C/CCCCCCCCCCC. The Balaban J connectivity index is 4.19. The minimum Gasteiger partial charge on any atom is -0.544 e. The van der Waals surface area contributed by atoms with E-state index in [-0.39, 0.29) is 42.7 Å². The number of quaternary nitrogens is 1. The number of carbonyl (C=O) groups excluding carboxylic acids is 3. The number of ether oxygens (including phenoxy) is 3. The lowest BCUT2D eigenvalue weighted by Crippen LogP contribution is -2.55. The fourth-order valence-corrected chi connectivity index (χ4v) is 8.29. The second-order valence-electron chi connectivity index (χ2n) is 20.1. The van der Waals surface area contributed by atoms with Gasteiger partial charge in [-0.15, -0.1) is 0 Å². The maximum Gasteiger partial charge on any atom is 0.306 e. The van der Waals surface area contributed by atoms with Crippen molar-refractivity contribution < 1.29 is 38.2 Å². The highest BCUT2D eigenvalue weighted by Gasteiger charge is 2.25. The van der Waals surface area contributed by atoms with E-state index >= 15 is 0 Å². The molecule has 0 aliphatic heterocycles. The molecule has 0 aliphatic rings. The van der Waals surface area contributed by atoms with Gasteiger partial charge in [0.15, 0.2) is 6.10 Å². The summed E-state index contributed by atoms with van der Waals surface area (Å²) in [5, 5.41) is 11.7. The molecule has 0 spiro atoms. The minimum absolute atomic E-state index is 0.0364. The van der Waals surface area contributed by atoms with Gasteiger partial charge in [0.2, 0.25) is 0 Å². The van der Waals surface area contributed by atoms with E-state index in [4.69, 9.17) is 14.2 Å². The summed E-state index contributed by atoms with van der Waals surface area (Å²) in [6.07, 6.45) is 64.0. The Bertz CT molecular complexity index is 1290. The van der Waals surface area contributed by atoms with Gasteiger partial charge in [-0.2, -0.15) is 0 Å². The number of esters is 2. The van der Waals surface area contributed by atoms with Crippen molar-refractivity contribution in [2.45, 2.75) is 264 Å². The molecule has 0 heterocycles. The number of likely N-dealkylation sites (N-methyl/N-ethyl adjacent to an activating group) is 1. The number of hydrogen-bond donors (Lipinski definition) is 0. The van der Waals surface area contributed by atoms with Gasteiger partial charge in [0.25, 0.3) is 0 Å². The zero-order valence-corrected chi connectivity index (χ0v) is 45.0. The predicted molar refractivity (Wildman–Crippen MR) is 286 cm³/mol. The van der Waals surface area contributed by atoms with Crippen molar-refractivity contribution >= 4 is 17.9 Å². The molecule has 0 amide bonds. The Kier molecular flexibility index (Phi) is 48.2. The van der Waals surface area contributed by atoms with Gasteiger partial charge in [-0.25, -0.2) is 0 Å². The summed E-state index contributed by atoms with van der Waals surface area (Å²) in [7, 11) is 5.42. The van der Waals surface area contributed by atoms with Gasteiger partial charge in [-0.1, -0.05) is 216 Å². The molecule has 0 rings (SSSR count). The number of carboxylic acids is 1. The molecule has 0 aromatic rings. The van der Waals surface area contributed by atoms with Crippen LogP contribution in [0.1, 0.15) is 251 Å². The van der Waals surface area contributed by atoms with Gasteiger partial charge in [0, 0.05) is 19.3 Å². The second kappa shape index (κ2) is 50.4. The Hall–Kier alpha value is -2.97. The molecule has 2 unspecified atom stereocenters. The van der Waals surface area contributed by atoms with Gasteiger partial charge < -0.3 is 28.6 Å². The number of carboxylic acid groups (broad SMARTS) is 1. The summed E-state index contributed by atoms with van der Waals surface area (Å²) in [5.41, 5.74) is 0. The van der Waals surface area contributed by atoms with Crippen LogP contribution >= 0.6 is 0 Å². The van der Waals surface area contributed by atoms with Crippen molar-refractivity contribution in [3.63, 3.8) is 0 Å². The summed E-state index contributed by atoms with van der Waals surface area (Å²) in [6.45, 7) is 4.57. The van der Waals surface area contributed by atoms with Crippen LogP contribution in [0.25, 0.3) is 0 Å². The first kappa shape index (κ1) is 65.0. The van der Waals surface area contributed by atoms with E-state index in [1.165, 1.54) is 148 Å². The van der Waals surface area contributed by atoms with Gasteiger partial charge in [0.1, 0.15) is 12.6 Å². The average Bonchev–Trinajstić information content (AvgIpc) is 3.30. The second-order valence-corrected chi connectivity index (χ2v) is 20.1. The van der Waals surface area contributed by atoms with Crippen LogP contribution in [-0.2, 0) is 28.6 Å². The summed E-state index contributed by atoms with van der Waals surface area (Å²) >= 11 is 0. The monoisotopic (exact) mass is 954 g/mol. The number of hydrogen-bond acceptors (Lipinski definition) is 7. The van der Waals surface area contributed by atoms with E-state index in [0.717, 1.165) is 70.6 Å². The van der Waals surface area contributed by atoms with Gasteiger partial charge >= 0.3 is 11.9 Å². The largest absolute Gasteiger partial charge is 0.544 e. The third-order valence-corrected chi connectivity index (χ3v) is 12.6. The van der Waals surface area contributed by atoms with Gasteiger partial charge in [-0.05, 0) is 77.0 Å². The van der Waals surface area contributed by atoms with E-state index in [2.05, 4.69) is 74.6 Å². The van der Waals surface area contributed by atoms with E-state index in [1.54, 1.807) is 21.1 Å². The van der Waals surface area contributed by atoms with Crippen molar-refractivity contribution in [3.05, 3.63) is 60.8 Å². The van der Waals surface area contributed by atoms with Gasteiger partial charge in [0.05, 0.1) is 40.3 Å². The van der Waals surface area contributed by atoms with E-state index < -0.39 is 18.1 Å². The molecular formula is C60H107NO7. The molecule has 0 aromatic heterocycles. The molecule has 0 bridgehead atoms. The van der Waals surface area contributed by atoms with E-state index in [1.807, 2.05) is 0 Å². The highest BCUT2D eigenvalue weighted by atomic mass is 16.6. The van der Waals surface area contributed by atoms with Crippen molar-refractivity contribution in [2.75, 3.05) is 41.0 Å². The molecule has 8 nitrogen and oxygen atoms in total. The molecule has 2 atom stereocenters. The Morgan fingerprint density at radius 2 is 0.824 bits per heavy atom. The topological polar surface area (TPSA) is 102 Å².